The molecule has 0 saturated carbocycles. The van der Waals surface area contributed by atoms with Crippen LogP contribution in [0.1, 0.15) is 19.8 Å². The van der Waals surface area contributed by atoms with Gasteiger partial charge >= 0.3 is 12.0 Å². The van der Waals surface area contributed by atoms with Crippen molar-refractivity contribution in [3.05, 3.63) is 0 Å². The molecule has 2 amide bonds. The highest BCUT2D eigenvalue weighted by molar-refractivity contribution is 5.82. The van der Waals surface area contributed by atoms with Crippen LogP contribution in [0.15, 0.2) is 0 Å². The van der Waals surface area contributed by atoms with Gasteiger partial charge in [-0.25, -0.2) is 9.59 Å². The van der Waals surface area contributed by atoms with E-state index in [4.69, 9.17) is 10.2 Å². The Morgan fingerprint density at radius 1 is 1.44 bits per heavy atom. The zero-order valence-electron chi connectivity index (χ0n) is 9.35. The number of hydrogen-bond acceptors (Lipinski definition) is 3. The number of nitrogens with zero attached hydrogens (tertiary/aromatic N) is 1. The molecule has 1 aliphatic rings. The van der Waals surface area contributed by atoms with Crippen LogP contribution in [0.2, 0.25) is 0 Å². The first-order valence-corrected chi connectivity index (χ1v) is 5.43. The van der Waals surface area contributed by atoms with Gasteiger partial charge < -0.3 is 20.4 Å². The third-order valence-corrected chi connectivity index (χ3v) is 2.85. The minimum atomic E-state index is -1.22. The van der Waals surface area contributed by atoms with Gasteiger partial charge in [0.1, 0.15) is 0 Å². The number of piperidine rings is 1. The van der Waals surface area contributed by atoms with Gasteiger partial charge in [-0.05, 0) is 18.8 Å². The predicted octanol–water partition coefficient (Wildman–Crippen LogP) is -0.127. The van der Waals surface area contributed by atoms with Crippen molar-refractivity contribution >= 4 is 12.0 Å². The Morgan fingerprint density at radius 3 is 2.44 bits per heavy atom. The molecule has 0 aromatic carbocycles. The van der Waals surface area contributed by atoms with Crippen LogP contribution in [0.5, 0.6) is 0 Å². The average molecular weight is 230 g/mol. The average Bonchev–Trinajstić information content (AvgIpc) is 2.26. The van der Waals surface area contributed by atoms with E-state index in [1.54, 1.807) is 4.90 Å². The van der Waals surface area contributed by atoms with Crippen molar-refractivity contribution < 1.29 is 19.8 Å². The quantitative estimate of drug-likeness (QED) is 0.630. The summed E-state index contributed by atoms with van der Waals surface area (Å²) < 4.78 is 0. The summed E-state index contributed by atoms with van der Waals surface area (Å²) in [5.41, 5.74) is 0. The second-order valence-electron chi connectivity index (χ2n) is 4.19. The smallest absolute Gasteiger partial charge is 0.328 e. The van der Waals surface area contributed by atoms with Gasteiger partial charge in [0.15, 0.2) is 6.04 Å². The third kappa shape index (κ3) is 3.37. The number of rotatable bonds is 3. The van der Waals surface area contributed by atoms with Crippen LogP contribution < -0.4 is 5.32 Å². The fraction of sp³-hybridized carbons (Fsp3) is 0.800. The Hall–Kier alpha value is -1.30. The van der Waals surface area contributed by atoms with Gasteiger partial charge in [0.25, 0.3) is 0 Å². The fourth-order valence-electron chi connectivity index (χ4n) is 1.64. The van der Waals surface area contributed by atoms with E-state index in [2.05, 4.69) is 12.2 Å². The van der Waals surface area contributed by atoms with Gasteiger partial charge in [0.05, 0.1) is 6.61 Å². The van der Waals surface area contributed by atoms with Gasteiger partial charge in [-0.2, -0.15) is 0 Å². The SMILES string of the molecule is CC1CCN(C(=O)NC(CO)C(=O)O)CC1. The monoisotopic (exact) mass is 230 g/mol. The first-order chi connectivity index (χ1) is 7.54. The number of hydrogen-bond donors (Lipinski definition) is 3. The van der Waals surface area contributed by atoms with E-state index < -0.39 is 24.6 Å². The number of amides is 2. The molecular formula is C10H18N2O4. The van der Waals surface area contributed by atoms with Crippen molar-refractivity contribution in [3.8, 4) is 0 Å². The summed E-state index contributed by atoms with van der Waals surface area (Å²) >= 11 is 0. The Bertz CT molecular complexity index is 262. The van der Waals surface area contributed by atoms with Crippen LogP contribution in [-0.4, -0.2) is 52.9 Å². The first kappa shape index (κ1) is 12.8. The zero-order valence-corrected chi connectivity index (χ0v) is 9.35. The molecule has 0 aliphatic carbocycles. The van der Waals surface area contributed by atoms with Crippen LogP contribution in [0.3, 0.4) is 0 Å². The maximum absolute atomic E-state index is 11.6. The van der Waals surface area contributed by atoms with E-state index in [0.717, 1.165) is 12.8 Å². The molecule has 92 valence electrons. The molecule has 1 fully saturated rings. The number of aliphatic carboxylic acids is 1. The second-order valence-corrected chi connectivity index (χ2v) is 4.19. The maximum Gasteiger partial charge on any atom is 0.328 e. The standard InChI is InChI=1S/C10H18N2O4/c1-7-2-4-12(5-3-7)10(16)11-8(6-13)9(14)15/h7-8,13H,2-6H2,1H3,(H,11,16)(H,14,15). The molecule has 6 nitrogen and oxygen atoms in total. The molecule has 0 aromatic rings. The molecule has 1 heterocycles. The first-order valence-electron chi connectivity index (χ1n) is 5.43. The minimum absolute atomic E-state index is 0.409. The fourth-order valence-corrected chi connectivity index (χ4v) is 1.64. The number of carboxylic acids is 1. The number of aliphatic hydroxyl groups excluding tert-OH is 1. The molecule has 1 aliphatic heterocycles. The van der Waals surface area contributed by atoms with Crippen molar-refractivity contribution in [1.82, 2.24) is 10.2 Å². The van der Waals surface area contributed by atoms with Gasteiger partial charge in [0, 0.05) is 13.1 Å². The predicted molar refractivity (Wildman–Crippen MR) is 57.0 cm³/mol. The summed E-state index contributed by atoms with van der Waals surface area (Å²) in [5, 5.41) is 19.7. The molecule has 1 saturated heterocycles. The molecule has 0 spiro atoms. The molecule has 1 rings (SSSR count). The summed E-state index contributed by atoms with van der Waals surface area (Å²) in [7, 11) is 0. The molecule has 0 radical (unpaired) electrons. The minimum Gasteiger partial charge on any atom is -0.480 e. The molecule has 1 atom stereocenters. The lowest BCUT2D eigenvalue weighted by atomic mass is 10.00. The van der Waals surface area contributed by atoms with E-state index in [1.807, 2.05) is 0 Å². The highest BCUT2D eigenvalue weighted by atomic mass is 16.4. The number of likely N-dealkylation sites (tertiary alicyclic amines) is 1. The summed E-state index contributed by atoms with van der Waals surface area (Å²) in [4.78, 5) is 23.8. The zero-order chi connectivity index (χ0) is 12.1. The van der Waals surface area contributed by atoms with E-state index in [0.29, 0.717) is 19.0 Å². The largest absolute Gasteiger partial charge is 0.480 e. The summed E-state index contributed by atoms with van der Waals surface area (Å²) in [5.74, 6) is -0.613. The van der Waals surface area contributed by atoms with Crippen molar-refractivity contribution in [2.24, 2.45) is 5.92 Å². The van der Waals surface area contributed by atoms with Crippen LogP contribution in [-0.2, 0) is 4.79 Å². The van der Waals surface area contributed by atoms with E-state index in [-0.39, 0.29) is 0 Å². The van der Waals surface area contributed by atoms with E-state index in [9.17, 15) is 9.59 Å². The van der Waals surface area contributed by atoms with Gasteiger partial charge in [0.2, 0.25) is 0 Å². The van der Waals surface area contributed by atoms with Crippen molar-refractivity contribution in [1.29, 1.82) is 0 Å². The second kappa shape index (κ2) is 5.69. The lowest BCUT2D eigenvalue weighted by Gasteiger charge is -2.31. The van der Waals surface area contributed by atoms with Crippen LogP contribution in [0, 0.1) is 5.92 Å². The molecule has 6 heteroatoms. The number of aliphatic hydroxyl groups is 1. The van der Waals surface area contributed by atoms with Crippen molar-refractivity contribution in [2.45, 2.75) is 25.8 Å². The third-order valence-electron chi connectivity index (χ3n) is 2.85. The summed E-state index contributed by atoms with van der Waals surface area (Å²) in [6.07, 6.45) is 1.87. The molecule has 1 unspecified atom stereocenters. The summed E-state index contributed by atoms with van der Waals surface area (Å²) in [6.45, 7) is 2.82. The van der Waals surface area contributed by atoms with Gasteiger partial charge in [-0.15, -0.1) is 0 Å². The highest BCUT2D eigenvalue weighted by Gasteiger charge is 2.24. The molecular weight excluding hydrogens is 212 g/mol. The molecule has 0 bridgehead atoms. The van der Waals surface area contributed by atoms with Crippen molar-refractivity contribution in [3.63, 3.8) is 0 Å². The van der Waals surface area contributed by atoms with Crippen LogP contribution in [0.25, 0.3) is 0 Å². The highest BCUT2D eigenvalue weighted by Crippen LogP contribution is 2.15. The Morgan fingerprint density at radius 2 is 2.00 bits per heavy atom. The van der Waals surface area contributed by atoms with Gasteiger partial charge in [-0.3, -0.25) is 0 Å². The van der Waals surface area contributed by atoms with E-state index in [1.165, 1.54) is 0 Å². The lowest BCUT2D eigenvalue weighted by molar-refractivity contribution is -0.140. The summed E-state index contributed by atoms with van der Waals surface area (Å²) in [6, 6.07) is -1.62. The lowest BCUT2D eigenvalue weighted by Crippen LogP contribution is -2.51. The number of carbonyl (C=O) groups is 2. The van der Waals surface area contributed by atoms with Gasteiger partial charge in [-0.1, -0.05) is 6.92 Å². The number of urea groups is 1. The Labute approximate surface area is 94.2 Å². The van der Waals surface area contributed by atoms with Crippen molar-refractivity contribution in [2.75, 3.05) is 19.7 Å². The van der Waals surface area contributed by atoms with Crippen LogP contribution in [0.4, 0.5) is 4.79 Å². The molecule has 0 aromatic heterocycles. The molecule has 3 N–H and O–H groups in total. The Balaban J connectivity index is 2.42. The number of carboxylic acid groups (broad SMARTS) is 1. The normalized spacial score (nSPS) is 19.2. The molecule has 16 heavy (non-hydrogen) atoms. The van der Waals surface area contributed by atoms with Crippen LogP contribution >= 0.6 is 0 Å². The Kier molecular flexibility index (Phi) is 4.54. The van der Waals surface area contributed by atoms with E-state index >= 15 is 0 Å². The topological polar surface area (TPSA) is 89.9 Å². The maximum atomic E-state index is 11.6. The number of carbonyl (C=O) groups excluding carboxylic acids is 1. The number of nitrogens with one attached hydrogen (secondary N) is 1.